The highest BCUT2D eigenvalue weighted by Gasteiger charge is 2.45. The summed E-state index contributed by atoms with van der Waals surface area (Å²) in [5.41, 5.74) is 1.14. The number of hydrogen-bond acceptors (Lipinski definition) is 6. The van der Waals surface area contributed by atoms with Crippen LogP contribution in [0.25, 0.3) is 0 Å². The minimum atomic E-state index is -1.10. The number of nitrogens with one attached hydrogen (secondary N) is 1. The minimum Gasteiger partial charge on any atom is -0.385 e. The zero-order valence-corrected chi connectivity index (χ0v) is 19.0. The van der Waals surface area contributed by atoms with Gasteiger partial charge < -0.3 is 5.11 Å². The van der Waals surface area contributed by atoms with E-state index in [-0.39, 0.29) is 30.0 Å². The topological polar surface area (TPSA) is 107 Å². The van der Waals surface area contributed by atoms with Crippen molar-refractivity contribution in [3.05, 3.63) is 70.8 Å². The fraction of sp³-hybridized carbons (Fsp3) is 0.385. The normalized spacial score (nSPS) is 23.6. The molecule has 3 heterocycles. The quantitative estimate of drug-likeness (QED) is 0.676. The number of carbonyl (C=O) groups is 4. The molecule has 8 nitrogen and oxygen atoms in total. The number of imide groups is 2. The lowest BCUT2D eigenvalue weighted by atomic mass is 9.82. The van der Waals surface area contributed by atoms with Gasteiger partial charge in [0, 0.05) is 25.6 Å². The van der Waals surface area contributed by atoms with Crippen LogP contribution in [0.5, 0.6) is 0 Å². The number of nitrogens with zero attached hydrogens (tertiary/aromatic N) is 2. The molecule has 3 aliphatic rings. The fourth-order valence-electron chi connectivity index (χ4n) is 5.27. The maximum atomic E-state index is 13.1. The van der Waals surface area contributed by atoms with Crippen molar-refractivity contribution in [3.63, 3.8) is 0 Å². The third kappa shape index (κ3) is 3.73. The molecule has 4 amide bonds. The van der Waals surface area contributed by atoms with Crippen LogP contribution in [0, 0.1) is 0 Å². The van der Waals surface area contributed by atoms with E-state index in [1.807, 2.05) is 18.2 Å². The number of hydrogen-bond donors (Lipinski definition) is 2. The van der Waals surface area contributed by atoms with Crippen LogP contribution in [0.1, 0.15) is 70.5 Å². The van der Waals surface area contributed by atoms with E-state index in [4.69, 9.17) is 0 Å². The van der Waals surface area contributed by atoms with Crippen LogP contribution in [0.15, 0.2) is 48.5 Å². The average Bonchev–Trinajstić information content (AvgIpc) is 3.09. The monoisotopic (exact) mass is 461 g/mol. The van der Waals surface area contributed by atoms with Crippen LogP contribution in [0.2, 0.25) is 0 Å². The van der Waals surface area contributed by atoms with Crippen molar-refractivity contribution >= 4 is 23.6 Å². The van der Waals surface area contributed by atoms with Crippen molar-refractivity contribution in [2.45, 2.75) is 50.3 Å². The second-order valence-electron chi connectivity index (χ2n) is 9.36. The Labute approximate surface area is 197 Å². The molecular weight excluding hydrogens is 434 g/mol. The number of benzene rings is 2. The van der Waals surface area contributed by atoms with E-state index in [1.165, 1.54) is 5.56 Å². The summed E-state index contributed by atoms with van der Waals surface area (Å²) >= 11 is 0. The summed E-state index contributed by atoms with van der Waals surface area (Å²) in [6, 6.07) is 14.3. The molecule has 1 unspecified atom stereocenters. The molecule has 2 saturated heterocycles. The lowest BCUT2D eigenvalue weighted by Gasteiger charge is -2.41. The molecule has 0 aliphatic carbocycles. The van der Waals surface area contributed by atoms with Crippen LogP contribution in [-0.2, 0) is 15.2 Å². The Hall–Kier alpha value is -3.36. The Kier molecular flexibility index (Phi) is 5.58. The van der Waals surface area contributed by atoms with E-state index in [0.717, 1.165) is 4.90 Å². The van der Waals surface area contributed by atoms with Gasteiger partial charge in [-0.2, -0.15) is 0 Å². The molecule has 176 valence electrons. The van der Waals surface area contributed by atoms with Gasteiger partial charge in [0.25, 0.3) is 11.8 Å². The number of fused-ring (bicyclic) bond motifs is 1. The predicted octanol–water partition coefficient (Wildman–Crippen LogP) is 2.13. The maximum absolute atomic E-state index is 13.1. The molecule has 2 aromatic rings. The molecule has 0 bridgehead atoms. The maximum Gasteiger partial charge on any atom is 0.262 e. The van der Waals surface area contributed by atoms with E-state index in [1.54, 1.807) is 18.2 Å². The van der Waals surface area contributed by atoms with E-state index < -0.39 is 35.3 Å². The Bertz CT molecular complexity index is 1170. The first-order valence-electron chi connectivity index (χ1n) is 11.7. The van der Waals surface area contributed by atoms with Gasteiger partial charge in [-0.1, -0.05) is 36.4 Å². The van der Waals surface area contributed by atoms with Crippen molar-refractivity contribution < 1.29 is 24.3 Å². The molecule has 34 heavy (non-hydrogen) atoms. The summed E-state index contributed by atoms with van der Waals surface area (Å²) in [4.78, 5) is 53.1. The Morgan fingerprint density at radius 2 is 1.65 bits per heavy atom. The molecule has 8 heteroatoms. The Balaban J connectivity index is 1.33. The second kappa shape index (κ2) is 8.45. The van der Waals surface area contributed by atoms with Gasteiger partial charge in [-0.05, 0) is 49.4 Å². The molecule has 3 aliphatic heterocycles. The molecule has 5 rings (SSSR count). The average molecular weight is 462 g/mol. The second-order valence-corrected chi connectivity index (χ2v) is 9.36. The predicted molar refractivity (Wildman–Crippen MR) is 123 cm³/mol. The smallest absolute Gasteiger partial charge is 0.262 e. The summed E-state index contributed by atoms with van der Waals surface area (Å²) in [6.45, 7) is 3.54. The number of amides is 4. The zero-order chi connectivity index (χ0) is 24.0. The molecule has 2 atom stereocenters. The standard InChI is InChI=1S/C26H27N3O5/c1-16(17-5-3-2-4-6-17)28-13-11-26(34,12-14-28)18-7-8-19-20(15-18)25(33)29(24(19)32)21-9-10-22(30)27-23(21)31/h2-8,15-16,21,34H,9-14H2,1H3,(H,27,30,31)/t16-,21?/m0/s1. The number of likely N-dealkylation sites (tertiary alicyclic amines) is 1. The first-order chi connectivity index (χ1) is 16.3. The molecule has 0 radical (unpaired) electrons. The largest absolute Gasteiger partial charge is 0.385 e. The van der Waals surface area contributed by atoms with Crippen molar-refractivity contribution in [2.24, 2.45) is 0 Å². The molecule has 2 N–H and O–H groups in total. The fourth-order valence-corrected chi connectivity index (χ4v) is 5.27. The molecule has 0 spiro atoms. The number of piperidine rings is 2. The van der Waals surface area contributed by atoms with Gasteiger partial charge in [0.1, 0.15) is 6.04 Å². The van der Waals surface area contributed by atoms with Gasteiger partial charge in [0.05, 0.1) is 16.7 Å². The lowest BCUT2D eigenvalue weighted by Crippen LogP contribution is -2.54. The van der Waals surface area contributed by atoms with Gasteiger partial charge in [-0.15, -0.1) is 0 Å². The van der Waals surface area contributed by atoms with E-state index in [0.29, 0.717) is 31.5 Å². The SMILES string of the molecule is C[C@@H](c1ccccc1)N1CCC(O)(c2ccc3c(c2)C(=O)N(C2CCC(=O)NC2=O)C3=O)CC1. The Morgan fingerprint density at radius 3 is 2.32 bits per heavy atom. The molecule has 0 aromatic heterocycles. The van der Waals surface area contributed by atoms with Crippen molar-refractivity contribution in [1.82, 2.24) is 15.1 Å². The lowest BCUT2D eigenvalue weighted by molar-refractivity contribution is -0.136. The zero-order valence-electron chi connectivity index (χ0n) is 19.0. The van der Waals surface area contributed by atoms with Crippen LogP contribution in [-0.4, -0.2) is 57.7 Å². The highest BCUT2D eigenvalue weighted by Crippen LogP contribution is 2.38. The molecule has 0 saturated carbocycles. The first-order valence-corrected chi connectivity index (χ1v) is 11.7. The molecular formula is C26H27N3O5. The van der Waals surface area contributed by atoms with Gasteiger partial charge in [0.2, 0.25) is 11.8 Å². The summed E-state index contributed by atoms with van der Waals surface area (Å²) in [5, 5.41) is 13.6. The minimum absolute atomic E-state index is 0.0761. The van der Waals surface area contributed by atoms with Crippen LogP contribution in [0.4, 0.5) is 0 Å². The third-order valence-corrected chi connectivity index (χ3v) is 7.43. The third-order valence-electron chi connectivity index (χ3n) is 7.43. The summed E-state index contributed by atoms with van der Waals surface area (Å²) < 4.78 is 0. The number of rotatable bonds is 4. The summed E-state index contributed by atoms with van der Waals surface area (Å²) in [7, 11) is 0. The van der Waals surface area contributed by atoms with Crippen molar-refractivity contribution in [1.29, 1.82) is 0 Å². The van der Waals surface area contributed by atoms with Crippen LogP contribution >= 0.6 is 0 Å². The van der Waals surface area contributed by atoms with Gasteiger partial charge in [-0.25, -0.2) is 0 Å². The van der Waals surface area contributed by atoms with Gasteiger partial charge >= 0.3 is 0 Å². The molecule has 2 fully saturated rings. The summed E-state index contributed by atoms with van der Waals surface area (Å²) in [5.74, 6) is -2.14. The van der Waals surface area contributed by atoms with Crippen molar-refractivity contribution in [3.8, 4) is 0 Å². The molecule has 2 aromatic carbocycles. The van der Waals surface area contributed by atoms with E-state index in [9.17, 15) is 24.3 Å². The van der Waals surface area contributed by atoms with Crippen LogP contribution in [0.3, 0.4) is 0 Å². The number of aliphatic hydroxyl groups is 1. The first kappa shape index (κ1) is 22.4. The van der Waals surface area contributed by atoms with Crippen LogP contribution < -0.4 is 5.32 Å². The summed E-state index contributed by atoms with van der Waals surface area (Å²) in [6.07, 6.45) is 1.19. The highest BCUT2D eigenvalue weighted by atomic mass is 16.3. The van der Waals surface area contributed by atoms with E-state index >= 15 is 0 Å². The van der Waals surface area contributed by atoms with Gasteiger partial charge in [0.15, 0.2) is 0 Å². The Morgan fingerprint density at radius 1 is 0.971 bits per heavy atom. The van der Waals surface area contributed by atoms with Crippen molar-refractivity contribution in [2.75, 3.05) is 13.1 Å². The number of carbonyl (C=O) groups excluding carboxylic acids is 4. The van der Waals surface area contributed by atoms with E-state index in [2.05, 4.69) is 29.3 Å². The highest BCUT2D eigenvalue weighted by molar-refractivity contribution is 6.23. The van der Waals surface area contributed by atoms with Gasteiger partial charge in [-0.3, -0.25) is 34.3 Å².